The molecule has 2 aromatic rings. The molecule has 1 aliphatic carbocycles. The lowest BCUT2D eigenvalue weighted by molar-refractivity contribution is -0.139. The van der Waals surface area contributed by atoms with E-state index in [2.05, 4.69) is 10.1 Å². The summed E-state index contributed by atoms with van der Waals surface area (Å²) in [5.74, 6) is 0.169. The van der Waals surface area contributed by atoms with Crippen LogP contribution in [0.3, 0.4) is 0 Å². The lowest BCUT2D eigenvalue weighted by Gasteiger charge is -2.38. The van der Waals surface area contributed by atoms with E-state index in [1.54, 1.807) is 29.2 Å². The van der Waals surface area contributed by atoms with Crippen LogP contribution in [0.25, 0.3) is 11.4 Å². The lowest BCUT2D eigenvalue weighted by atomic mass is 9.93. The molecule has 10 heteroatoms. The minimum atomic E-state index is -3.10. The fraction of sp³-hybridized carbons (Fsp3) is 0.550. The van der Waals surface area contributed by atoms with Gasteiger partial charge in [-0.1, -0.05) is 48.2 Å². The smallest absolute Gasteiger partial charge is 0.418 e. The highest BCUT2D eigenvalue weighted by molar-refractivity contribution is 7.91. The minimum absolute atomic E-state index is 0.0203. The van der Waals surface area contributed by atoms with Crippen molar-refractivity contribution in [2.45, 2.75) is 50.6 Å². The SMILES string of the molecule is O=C(COc1nc(-c2ccccc2Cl)no1)N(C1CCCCC1)C1CCS(=O)(=O)C1. The fourth-order valence-corrected chi connectivity index (χ4v) is 6.21. The molecule has 0 N–H and O–H groups in total. The molecule has 162 valence electrons. The Balaban J connectivity index is 1.44. The average Bonchev–Trinajstić information content (AvgIpc) is 3.34. The molecule has 0 radical (unpaired) electrons. The van der Waals surface area contributed by atoms with Crippen LogP contribution >= 0.6 is 11.6 Å². The molecule has 0 bridgehead atoms. The molecule has 2 heterocycles. The minimum Gasteiger partial charge on any atom is -0.439 e. The van der Waals surface area contributed by atoms with Crippen molar-refractivity contribution in [3.63, 3.8) is 0 Å². The summed E-state index contributed by atoms with van der Waals surface area (Å²) < 4.78 is 34.5. The third kappa shape index (κ3) is 4.78. The summed E-state index contributed by atoms with van der Waals surface area (Å²) >= 11 is 6.15. The largest absolute Gasteiger partial charge is 0.439 e. The van der Waals surface area contributed by atoms with E-state index in [1.807, 2.05) is 0 Å². The molecule has 1 aliphatic heterocycles. The van der Waals surface area contributed by atoms with Crippen LogP contribution in [0.5, 0.6) is 6.08 Å². The van der Waals surface area contributed by atoms with Crippen LogP contribution in [0.4, 0.5) is 0 Å². The Morgan fingerprint density at radius 3 is 2.63 bits per heavy atom. The standard InChI is InChI=1S/C20H24ClN3O5S/c21-17-9-5-4-8-16(17)19-22-20(29-23-19)28-12-18(25)24(14-6-2-1-3-7-14)15-10-11-30(26,27)13-15/h4-5,8-9,14-15H,1-3,6-7,10-13H2. The number of amides is 1. The second-order valence-electron chi connectivity index (χ2n) is 7.80. The van der Waals surface area contributed by atoms with Gasteiger partial charge in [0, 0.05) is 17.6 Å². The first-order valence-corrected chi connectivity index (χ1v) is 12.4. The van der Waals surface area contributed by atoms with Gasteiger partial charge in [-0.15, -0.1) is 0 Å². The number of sulfone groups is 1. The summed E-state index contributed by atoms with van der Waals surface area (Å²) in [4.78, 5) is 18.9. The van der Waals surface area contributed by atoms with Gasteiger partial charge in [-0.3, -0.25) is 9.32 Å². The number of halogens is 1. The summed E-state index contributed by atoms with van der Waals surface area (Å²) in [5, 5.41) is 4.34. The Morgan fingerprint density at radius 1 is 1.17 bits per heavy atom. The molecule has 2 aliphatic rings. The highest BCUT2D eigenvalue weighted by Crippen LogP contribution is 2.29. The number of aromatic nitrogens is 2. The number of hydrogen-bond donors (Lipinski definition) is 0. The van der Waals surface area contributed by atoms with Gasteiger partial charge in [-0.05, 0) is 31.4 Å². The molecular formula is C20H24ClN3O5S. The second-order valence-corrected chi connectivity index (χ2v) is 10.4. The Bertz CT molecular complexity index is 1000. The maximum absolute atomic E-state index is 13.0. The van der Waals surface area contributed by atoms with Gasteiger partial charge < -0.3 is 9.64 Å². The van der Waals surface area contributed by atoms with Gasteiger partial charge in [0.25, 0.3) is 5.91 Å². The predicted octanol–water partition coefficient (Wildman–Crippen LogP) is 3.12. The Morgan fingerprint density at radius 2 is 1.93 bits per heavy atom. The van der Waals surface area contributed by atoms with E-state index in [4.69, 9.17) is 20.9 Å². The summed E-state index contributed by atoms with van der Waals surface area (Å²) in [6.45, 7) is -0.281. The molecule has 4 rings (SSSR count). The van der Waals surface area contributed by atoms with Crippen molar-refractivity contribution in [3.05, 3.63) is 29.3 Å². The summed E-state index contributed by atoms with van der Waals surface area (Å²) in [7, 11) is -3.10. The van der Waals surface area contributed by atoms with E-state index in [0.29, 0.717) is 17.0 Å². The van der Waals surface area contributed by atoms with Gasteiger partial charge >= 0.3 is 6.08 Å². The number of carbonyl (C=O) groups is 1. The first-order valence-electron chi connectivity index (χ1n) is 10.2. The summed E-state index contributed by atoms with van der Waals surface area (Å²) in [6.07, 6.45) is 5.35. The normalized spacial score (nSPS) is 21.4. The molecule has 2 fully saturated rings. The fourth-order valence-electron chi connectivity index (χ4n) is 4.28. The molecule has 1 saturated carbocycles. The monoisotopic (exact) mass is 453 g/mol. The van der Waals surface area contributed by atoms with Crippen molar-refractivity contribution in [2.75, 3.05) is 18.1 Å². The molecular weight excluding hydrogens is 430 g/mol. The molecule has 0 spiro atoms. The number of ether oxygens (including phenoxy) is 1. The van der Waals surface area contributed by atoms with Crippen molar-refractivity contribution in [3.8, 4) is 17.5 Å². The van der Waals surface area contributed by atoms with Crippen molar-refractivity contribution >= 4 is 27.3 Å². The van der Waals surface area contributed by atoms with Crippen LogP contribution in [-0.4, -0.2) is 59.6 Å². The number of rotatable bonds is 6. The molecule has 1 aromatic heterocycles. The number of benzene rings is 1. The molecule has 1 saturated heterocycles. The second kappa shape index (κ2) is 8.93. The zero-order valence-corrected chi connectivity index (χ0v) is 18.1. The van der Waals surface area contributed by atoms with E-state index < -0.39 is 9.84 Å². The zero-order chi connectivity index (χ0) is 21.1. The maximum atomic E-state index is 13.0. The number of nitrogens with zero attached hydrogens (tertiary/aromatic N) is 3. The molecule has 1 amide bonds. The van der Waals surface area contributed by atoms with Crippen LogP contribution in [0.15, 0.2) is 28.8 Å². The van der Waals surface area contributed by atoms with Crippen LogP contribution in [0.2, 0.25) is 5.02 Å². The maximum Gasteiger partial charge on any atom is 0.418 e. The van der Waals surface area contributed by atoms with E-state index in [0.717, 1.165) is 32.1 Å². The Kier molecular flexibility index (Phi) is 6.29. The van der Waals surface area contributed by atoms with E-state index in [1.165, 1.54) is 0 Å². The van der Waals surface area contributed by atoms with Gasteiger partial charge in [0.1, 0.15) is 0 Å². The summed E-state index contributed by atoms with van der Waals surface area (Å²) in [6, 6.07) is 6.83. The Labute approximate surface area is 180 Å². The van der Waals surface area contributed by atoms with Crippen LogP contribution in [0.1, 0.15) is 38.5 Å². The number of carbonyl (C=O) groups excluding carboxylic acids is 1. The van der Waals surface area contributed by atoms with Crippen molar-refractivity contribution < 1.29 is 22.5 Å². The van der Waals surface area contributed by atoms with Crippen molar-refractivity contribution in [1.29, 1.82) is 0 Å². The lowest BCUT2D eigenvalue weighted by Crippen LogP contribution is -2.50. The molecule has 1 atom stereocenters. The molecule has 1 aromatic carbocycles. The quantitative estimate of drug-likeness (QED) is 0.661. The van der Waals surface area contributed by atoms with Gasteiger partial charge in [0.15, 0.2) is 16.4 Å². The molecule has 30 heavy (non-hydrogen) atoms. The molecule has 8 nitrogen and oxygen atoms in total. The third-order valence-electron chi connectivity index (χ3n) is 5.70. The zero-order valence-electron chi connectivity index (χ0n) is 16.5. The van der Waals surface area contributed by atoms with Crippen LogP contribution in [-0.2, 0) is 14.6 Å². The third-order valence-corrected chi connectivity index (χ3v) is 7.78. The highest BCUT2D eigenvalue weighted by atomic mass is 35.5. The topological polar surface area (TPSA) is 103 Å². The average molecular weight is 454 g/mol. The van der Waals surface area contributed by atoms with E-state index in [-0.39, 0.29) is 48.0 Å². The van der Waals surface area contributed by atoms with E-state index >= 15 is 0 Å². The predicted molar refractivity (Wildman–Crippen MR) is 111 cm³/mol. The van der Waals surface area contributed by atoms with Gasteiger partial charge in [-0.25, -0.2) is 8.42 Å². The van der Waals surface area contributed by atoms with Crippen LogP contribution in [0, 0.1) is 0 Å². The number of hydrogen-bond acceptors (Lipinski definition) is 7. The first-order chi connectivity index (χ1) is 14.4. The van der Waals surface area contributed by atoms with Gasteiger partial charge in [0.2, 0.25) is 5.82 Å². The van der Waals surface area contributed by atoms with Gasteiger partial charge in [-0.2, -0.15) is 4.98 Å². The van der Waals surface area contributed by atoms with Crippen molar-refractivity contribution in [2.24, 2.45) is 0 Å². The Hall–Kier alpha value is -2.13. The summed E-state index contributed by atoms with van der Waals surface area (Å²) in [5.41, 5.74) is 0.601. The van der Waals surface area contributed by atoms with Crippen molar-refractivity contribution in [1.82, 2.24) is 15.0 Å². The van der Waals surface area contributed by atoms with Gasteiger partial charge in [0.05, 0.1) is 16.5 Å². The first kappa shape index (κ1) is 21.1. The van der Waals surface area contributed by atoms with E-state index in [9.17, 15) is 13.2 Å². The van der Waals surface area contributed by atoms with Crippen LogP contribution < -0.4 is 4.74 Å². The molecule has 1 unspecified atom stereocenters. The highest BCUT2D eigenvalue weighted by Gasteiger charge is 2.38.